The molecule has 5 nitrogen and oxygen atoms in total. The van der Waals surface area contributed by atoms with Crippen LogP contribution in [0.5, 0.6) is 0 Å². The molecule has 0 unspecified atom stereocenters. The Kier molecular flexibility index (Phi) is 5.19. The number of likely N-dealkylation sites (tertiary alicyclic amines) is 1. The summed E-state index contributed by atoms with van der Waals surface area (Å²) in [4.78, 5) is 20.4. The average molecular weight is 397 g/mol. The quantitative estimate of drug-likeness (QED) is 0.784. The third-order valence-corrected chi connectivity index (χ3v) is 8.11. The summed E-state index contributed by atoms with van der Waals surface area (Å²) < 4.78 is 0. The van der Waals surface area contributed by atoms with Crippen molar-refractivity contribution in [2.45, 2.75) is 70.3 Å². The van der Waals surface area contributed by atoms with Gasteiger partial charge in [-0.25, -0.2) is 0 Å². The predicted molar refractivity (Wildman–Crippen MR) is 119 cm³/mol. The van der Waals surface area contributed by atoms with E-state index in [1.807, 2.05) is 4.90 Å². The van der Waals surface area contributed by atoms with Crippen LogP contribution in [0.15, 0.2) is 18.2 Å². The van der Waals surface area contributed by atoms with Gasteiger partial charge in [-0.3, -0.25) is 4.79 Å². The SMILES string of the molecule is Nc1cc(N2CCC(N3CCCC3)CC2)ccc1N1CCC2(CCCCC2)C1=O. The largest absolute Gasteiger partial charge is 0.397 e. The highest BCUT2D eigenvalue weighted by Crippen LogP contribution is 2.47. The Labute approximate surface area is 175 Å². The molecule has 158 valence electrons. The Morgan fingerprint density at radius 1 is 0.862 bits per heavy atom. The first-order valence-corrected chi connectivity index (χ1v) is 11.9. The second-order valence-electron chi connectivity index (χ2n) is 9.75. The molecule has 1 saturated carbocycles. The first-order valence-electron chi connectivity index (χ1n) is 11.9. The van der Waals surface area contributed by atoms with Gasteiger partial charge in [0.15, 0.2) is 0 Å². The smallest absolute Gasteiger partial charge is 0.233 e. The molecule has 3 saturated heterocycles. The van der Waals surface area contributed by atoms with E-state index in [1.54, 1.807) is 0 Å². The van der Waals surface area contributed by atoms with Crippen molar-refractivity contribution in [1.29, 1.82) is 0 Å². The van der Waals surface area contributed by atoms with Crippen LogP contribution in [-0.2, 0) is 4.79 Å². The molecule has 1 aromatic rings. The van der Waals surface area contributed by atoms with Crippen molar-refractivity contribution in [2.24, 2.45) is 5.41 Å². The van der Waals surface area contributed by atoms with Crippen molar-refractivity contribution >= 4 is 23.0 Å². The minimum atomic E-state index is -0.0964. The first-order chi connectivity index (χ1) is 14.2. The van der Waals surface area contributed by atoms with Gasteiger partial charge in [-0.05, 0) is 76.2 Å². The number of hydrogen-bond acceptors (Lipinski definition) is 4. The van der Waals surface area contributed by atoms with E-state index >= 15 is 0 Å². The fourth-order valence-corrected chi connectivity index (χ4v) is 6.32. The van der Waals surface area contributed by atoms with Crippen molar-refractivity contribution in [3.63, 3.8) is 0 Å². The Hall–Kier alpha value is -1.75. The van der Waals surface area contributed by atoms with Crippen molar-refractivity contribution in [3.05, 3.63) is 18.2 Å². The van der Waals surface area contributed by atoms with Gasteiger partial charge in [0.1, 0.15) is 0 Å². The number of carbonyl (C=O) groups is 1. The number of rotatable bonds is 3. The lowest BCUT2D eigenvalue weighted by molar-refractivity contribution is -0.127. The molecule has 29 heavy (non-hydrogen) atoms. The third kappa shape index (κ3) is 3.52. The lowest BCUT2D eigenvalue weighted by atomic mass is 9.73. The normalized spacial score (nSPS) is 26.0. The molecule has 4 fully saturated rings. The number of carbonyl (C=O) groups excluding carboxylic acids is 1. The van der Waals surface area contributed by atoms with Crippen molar-refractivity contribution < 1.29 is 4.79 Å². The van der Waals surface area contributed by atoms with E-state index in [4.69, 9.17) is 5.73 Å². The second-order valence-corrected chi connectivity index (χ2v) is 9.75. The van der Waals surface area contributed by atoms with Gasteiger partial charge < -0.3 is 20.4 Å². The summed E-state index contributed by atoms with van der Waals surface area (Å²) in [7, 11) is 0. The number of amides is 1. The molecule has 1 aromatic carbocycles. The van der Waals surface area contributed by atoms with Crippen LogP contribution in [0.1, 0.15) is 64.2 Å². The topological polar surface area (TPSA) is 52.8 Å². The molecular formula is C24H36N4O. The third-order valence-electron chi connectivity index (χ3n) is 8.11. The molecule has 0 atom stereocenters. The summed E-state index contributed by atoms with van der Waals surface area (Å²) in [5.74, 6) is 0.322. The summed E-state index contributed by atoms with van der Waals surface area (Å²) in [6, 6.07) is 7.14. The van der Waals surface area contributed by atoms with Gasteiger partial charge >= 0.3 is 0 Å². The molecule has 5 heteroatoms. The highest BCUT2D eigenvalue weighted by molar-refractivity contribution is 6.02. The van der Waals surface area contributed by atoms with Crippen LogP contribution in [0.3, 0.4) is 0 Å². The van der Waals surface area contributed by atoms with Crippen molar-refractivity contribution in [2.75, 3.05) is 48.3 Å². The van der Waals surface area contributed by atoms with Crippen molar-refractivity contribution in [1.82, 2.24) is 4.90 Å². The fraction of sp³-hybridized carbons (Fsp3) is 0.708. The Balaban J connectivity index is 1.26. The van der Waals surface area contributed by atoms with Crippen molar-refractivity contribution in [3.8, 4) is 0 Å². The molecule has 5 rings (SSSR count). The standard InChI is InChI=1S/C24H36N4O/c25-21-18-20(27-15-8-19(9-16-27)26-13-4-5-14-26)6-7-22(21)28-17-12-24(23(28)29)10-2-1-3-11-24/h6-7,18-19H,1-5,8-17,25H2. The molecule has 1 amide bonds. The monoisotopic (exact) mass is 396 g/mol. The molecule has 3 heterocycles. The molecule has 3 aliphatic heterocycles. The van der Waals surface area contributed by atoms with E-state index in [-0.39, 0.29) is 5.41 Å². The zero-order valence-corrected chi connectivity index (χ0v) is 17.7. The predicted octanol–water partition coefficient (Wildman–Crippen LogP) is 4.02. The number of nitrogens with two attached hydrogens (primary N) is 1. The Morgan fingerprint density at radius 2 is 1.59 bits per heavy atom. The van der Waals surface area contributed by atoms with Crippen LogP contribution < -0.4 is 15.5 Å². The van der Waals surface area contributed by atoms with Crippen LogP contribution in [0.25, 0.3) is 0 Å². The van der Waals surface area contributed by atoms with E-state index in [2.05, 4.69) is 28.0 Å². The summed E-state index contributed by atoms with van der Waals surface area (Å²) in [5.41, 5.74) is 9.28. The van der Waals surface area contributed by atoms with E-state index in [0.29, 0.717) is 5.91 Å². The van der Waals surface area contributed by atoms with Gasteiger partial charge in [-0.2, -0.15) is 0 Å². The second kappa shape index (κ2) is 7.82. The molecule has 0 radical (unpaired) electrons. The van der Waals surface area contributed by atoms with Crippen LogP contribution >= 0.6 is 0 Å². The number of nitrogens with zero attached hydrogens (tertiary/aromatic N) is 3. The maximum absolute atomic E-state index is 13.2. The first kappa shape index (κ1) is 19.2. The van der Waals surface area contributed by atoms with E-state index < -0.39 is 0 Å². The maximum Gasteiger partial charge on any atom is 0.233 e. The van der Waals surface area contributed by atoms with Crippen LogP contribution in [0.4, 0.5) is 17.1 Å². The molecule has 2 N–H and O–H groups in total. The number of piperidine rings is 1. The number of hydrogen-bond donors (Lipinski definition) is 1. The van der Waals surface area contributed by atoms with Gasteiger partial charge in [-0.15, -0.1) is 0 Å². The molecule has 1 aliphatic carbocycles. The summed E-state index contributed by atoms with van der Waals surface area (Å²) in [5, 5.41) is 0. The van der Waals surface area contributed by atoms with Crippen LogP contribution in [-0.4, -0.2) is 49.6 Å². The van der Waals surface area contributed by atoms with Gasteiger partial charge in [0.2, 0.25) is 5.91 Å². The summed E-state index contributed by atoms with van der Waals surface area (Å²) in [6.45, 7) is 5.61. The highest BCUT2D eigenvalue weighted by atomic mass is 16.2. The zero-order valence-electron chi connectivity index (χ0n) is 17.7. The molecular weight excluding hydrogens is 360 g/mol. The number of nitrogen functional groups attached to an aromatic ring is 1. The van der Waals surface area contributed by atoms with Crippen LogP contribution in [0.2, 0.25) is 0 Å². The Morgan fingerprint density at radius 3 is 2.28 bits per heavy atom. The van der Waals surface area contributed by atoms with Crippen LogP contribution in [0, 0.1) is 5.41 Å². The summed E-state index contributed by atoms with van der Waals surface area (Å²) >= 11 is 0. The number of anilines is 3. The Bertz CT molecular complexity index is 743. The molecule has 1 spiro atoms. The van der Waals surface area contributed by atoms with Gasteiger partial charge in [0.05, 0.1) is 16.8 Å². The summed E-state index contributed by atoms with van der Waals surface area (Å²) in [6.07, 6.45) is 12.0. The highest BCUT2D eigenvalue weighted by Gasteiger charge is 2.47. The maximum atomic E-state index is 13.2. The average Bonchev–Trinajstić information content (AvgIpc) is 3.39. The van der Waals surface area contributed by atoms with E-state index in [1.165, 1.54) is 63.7 Å². The molecule has 4 aliphatic rings. The minimum Gasteiger partial charge on any atom is -0.397 e. The lowest BCUT2D eigenvalue weighted by Gasteiger charge is -2.38. The fourth-order valence-electron chi connectivity index (χ4n) is 6.32. The lowest BCUT2D eigenvalue weighted by Crippen LogP contribution is -2.43. The van der Waals surface area contributed by atoms with Gasteiger partial charge in [0.25, 0.3) is 0 Å². The van der Waals surface area contributed by atoms with Gasteiger partial charge in [-0.1, -0.05) is 19.3 Å². The molecule has 0 bridgehead atoms. The molecule has 0 aromatic heterocycles. The van der Waals surface area contributed by atoms with Gasteiger partial charge in [0, 0.05) is 31.4 Å². The zero-order chi connectivity index (χ0) is 19.8. The van der Waals surface area contributed by atoms with E-state index in [0.717, 1.165) is 56.3 Å². The minimum absolute atomic E-state index is 0.0964. The number of benzene rings is 1. The van der Waals surface area contributed by atoms with E-state index in [9.17, 15) is 4.79 Å².